The van der Waals surface area contributed by atoms with Crippen molar-refractivity contribution >= 4 is 11.7 Å². The lowest BCUT2D eigenvalue weighted by molar-refractivity contribution is -0.115. The number of aromatic nitrogens is 2. The zero-order valence-electron chi connectivity index (χ0n) is 9.35. The highest BCUT2D eigenvalue weighted by atomic mass is 19.1. The Morgan fingerprint density at radius 3 is 2.82 bits per heavy atom. The van der Waals surface area contributed by atoms with Gasteiger partial charge in [-0.15, -0.1) is 0 Å². The molecule has 1 aromatic heterocycles. The van der Waals surface area contributed by atoms with Crippen molar-refractivity contribution in [2.45, 2.75) is 6.42 Å². The lowest BCUT2D eigenvalue weighted by atomic mass is 10.1. The molecule has 0 unspecified atom stereocenters. The van der Waals surface area contributed by atoms with E-state index in [2.05, 4.69) is 10.4 Å². The number of benzene rings is 1. The normalized spacial score (nSPS) is 10.2. The monoisotopic (exact) mass is 233 g/mol. The van der Waals surface area contributed by atoms with Gasteiger partial charge < -0.3 is 5.32 Å². The summed E-state index contributed by atoms with van der Waals surface area (Å²) < 4.78 is 14.9. The standard InChI is InChI=1S/C12H12FN3O/c1-16-11(6-7-14-16)15-12(17)8-9-4-2-3-5-10(9)13/h2-7H,8H2,1H3,(H,15,17). The van der Waals surface area contributed by atoms with Crippen LogP contribution >= 0.6 is 0 Å². The maximum absolute atomic E-state index is 13.3. The molecule has 88 valence electrons. The van der Waals surface area contributed by atoms with E-state index in [4.69, 9.17) is 0 Å². The van der Waals surface area contributed by atoms with Gasteiger partial charge in [0.05, 0.1) is 12.6 Å². The minimum absolute atomic E-state index is 0.0118. The number of nitrogens with one attached hydrogen (secondary N) is 1. The van der Waals surface area contributed by atoms with Crippen molar-refractivity contribution < 1.29 is 9.18 Å². The number of rotatable bonds is 3. The van der Waals surface area contributed by atoms with Gasteiger partial charge in [0.15, 0.2) is 0 Å². The van der Waals surface area contributed by atoms with Crippen LogP contribution in [-0.4, -0.2) is 15.7 Å². The number of carbonyl (C=O) groups is 1. The number of carbonyl (C=O) groups excluding carboxylic acids is 1. The first-order valence-corrected chi connectivity index (χ1v) is 5.18. The van der Waals surface area contributed by atoms with Gasteiger partial charge in [0.25, 0.3) is 0 Å². The van der Waals surface area contributed by atoms with E-state index in [1.54, 1.807) is 42.2 Å². The first-order valence-electron chi connectivity index (χ1n) is 5.18. The van der Waals surface area contributed by atoms with E-state index in [1.807, 2.05) is 0 Å². The van der Waals surface area contributed by atoms with E-state index >= 15 is 0 Å². The van der Waals surface area contributed by atoms with E-state index in [0.717, 1.165) is 0 Å². The Balaban J connectivity index is 2.03. The van der Waals surface area contributed by atoms with Crippen LogP contribution < -0.4 is 5.32 Å². The van der Waals surface area contributed by atoms with Gasteiger partial charge >= 0.3 is 0 Å². The fourth-order valence-electron chi connectivity index (χ4n) is 1.50. The summed E-state index contributed by atoms with van der Waals surface area (Å²) in [5, 5.41) is 6.58. The summed E-state index contributed by atoms with van der Waals surface area (Å²) in [6, 6.07) is 7.91. The predicted molar refractivity (Wildman–Crippen MR) is 61.9 cm³/mol. The van der Waals surface area contributed by atoms with Crippen LogP contribution in [0.3, 0.4) is 0 Å². The molecule has 1 aromatic carbocycles. The number of halogens is 1. The van der Waals surface area contributed by atoms with Gasteiger partial charge in [0, 0.05) is 13.1 Å². The van der Waals surface area contributed by atoms with Crippen molar-refractivity contribution in [3.05, 3.63) is 47.9 Å². The second-order valence-electron chi connectivity index (χ2n) is 3.66. The van der Waals surface area contributed by atoms with Crippen molar-refractivity contribution in [1.29, 1.82) is 0 Å². The number of aryl methyl sites for hydroxylation is 1. The fraction of sp³-hybridized carbons (Fsp3) is 0.167. The summed E-state index contributed by atoms with van der Waals surface area (Å²) in [6.07, 6.45) is 1.59. The van der Waals surface area contributed by atoms with Crippen molar-refractivity contribution in [1.82, 2.24) is 9.78 Å². The molecule has 0 radical (unpaired) electrons. The zero-order chi connectivity index (χ0) is 12.3. The molecule has 0 aliphatic rings. The molecule has 17 heavy (non-hydrogen) atoms. The quantitative estimate of drug-likeness (QED) is 0.877. The largest absolute Gasteiger partial charge is 0.311 e. The molecule has 0 aliphatic heterocycles. The van der Waals surface area contributed by atoms with Gasteiger partial charge in [-0.3, -0.25) is 9.48 Å². The summed E-state index contributed by atoms with van der Waals surface area (Å²) in [7, 11) is 1.72. The molecule has 0 aliphatic carbocycles. The second-order valence-corrected chi connectivity index (χ2v) is 3.66. The molecule has 2 rings (SSSR count). The van der Waals surface area contributed by atoms with Crippen LogP contribution in [0.25, 0.3) is 0 Å². The molecule has 0 spiro atoms. The molecule has 0 fully saturated rings. The minimum atomic E-state index is -0.368. The lowest BCUT2D eigenvalue weighted by Gasteiger charge is -2.05. The smallest absolute Gasteiger partial charge is 0.230 e. The molecular weight excluding hydrogens is 221 g/mol. The Morgan fingerprint density at radius 2 is 2.18 bits per heavy atom. The maximum Gasteiger partial charge on any atom is 0.230 e. The Bertz CT molecular complexity index is 536. The molecule has 4 nitrogen and oxygen atoms in total. The molecule has 5 heteroatoms. The number of hydrogen-bond donors (Lipinski definition) is 1. The maximum atomic E-state index is 13.3. The van der Waals surface area contributed by atoms with Gasteiger partial charge in [0.1, 0.15) is 11.6 Å². The Morgan fingerprint density at radius 1 is 1.41 bits per heavy atom. The molecule has 1 N–H and O–H groups in total. The highest BCUT2D eigenvalue weighted by Crippen LogP contribution is 2.09. The van der Waals surface area contributed by atoms with Crippen LogP contribution in [-0.2, 0) is 18.3 Å². The van der Waals surface area contributed by atoms with Crippen LogP contribution in [0.15, 0.2) is 36.5 Å². The molecule has 0 saturated carbocycles. The van der Waals surface area contributed by atoms with Gasteiger partial charge in [-0.25, -0.2) is 4.39 Å². The molecule has 0 saturated heterocycles. The van der Waals surface area contributed by atoms with E-state index < -0.39 is 0 Å². The Kier molecular flexibility index (Phi) is 3.18. The second kappa shape index (κ2) is 4.78. The third kappa shape index (κ3) is 2.69. The fourth-order valence-corrected chi connectivity index (χ4v) is 1.50. The predicted octanol–water partition coefficient (Wildman–Crippen LogP) is 1.74. The molecule has 1 amide bonds. The Hall–Kier alpha value is -2.17. The van der Waals surface area contributed by atoms with E-state index in [0.29, 0.717) is 11.4 Å². The van der Waals surface area contributed by atoms with E-state index in [1.165, 1.54) is 6.07 Å². The summed E-state index contributed by atoms with van der Waals surface area (Å²) in [4.78, 5) is 11.7. The van der Waals surface area contributed by atoms with Gasteiger partial charge in [0.2, 0.25) is 5.91 Å². The molecule has 1 heterocycles. The first-order chi connectivity index (χ1) is 8.16. The number of nitrogens with zero attached hydrogens (tertiary/aromatic N) is 2. The average molecular weight is 233 g/mol. The van der Waals surface area contributed by atoms with Crippen molar-refractivity contribution in [3.63, 3.8) is 0 Å². The molecule has 2 aromatic rings. The highest BCUT2D eigenvalue weighted by molar-refractivity contribution is 5.91. The number of hydrogen-bond acceptors (Lipinski definition) is 2. The van der Waals surface area contributed by atoms with Crippen molar-refractivity contribution in [2.75, 3.05) is 5.32 Å². The number of anilines is 1. The Labute approximate surface area is 98.1 Å². The van der Waals surface area contributed by atoms with Crippen LogP contribution in [0.1, 0.15) is 5.56 Å². The minimum Gasteiger partial charge on any atom is -0.311 e. The topological polar surface area (TPSA) is 46.9 Å². The van der Waals surface area contributed by atoms with Crippen LogP contribution in [0.2, 0.25) is 0 Å². The summed E-state index contributed by atoms with van der Waals surface area (Å²) >= 11 is 0. The lowest BCUT2D eigenvalue weighted by Crippen LogP contribution is -2.17. The van der Waals surface area contributed by atoms with E-state index in [-0.39, 0.29) is 18.1 Å². The number of amides is 1. The SMILES string of the molecule is Cn1nccc1NC(=O)Cc1ccccc1F. The third-order valence-corrected chi connectivity index (χ3v) is 2.40. The molecule has 0 atom stereocenters. The van der Waals surface area contributed by atoms with Gasteiger partial charge in [-0.2, -0.15) is 5.10 Å². The van der Waals surface area contributed by atoms with Crippen molar-refractivity contribution in [2.24, 2.45) is 7.05 Å². The molecular formula is C12H12FN3O. The van der Waals surface area contributed by atoms with Gasteiger partial charge in [-0.05, 0) is 11.6 Å². The van der Waals surface area contributed by atoms with Crippen LogP contribution in [0.5, 0.6) is 0 Å². The average Bonchev–Trinajstić information content (AvgIpc) is 2.68. The third-order valence-electron chi connectivity index (χ3n) is 2.40. The molecule has 0 bridgehead atoms. The summed E-state index contributed by atoms with van der Waals surface area (Å²) in [5.74, 6) is -0.0438. The highest BCUT2D eigenvalue weighted by Gasteiger charge is 2.09. The summed E-state index contributed by atoms with van der Waals surface area (Å²) in [6.45, 7) is 0. The van der Waals surface area contributed by atoms with Crippen molar-refractivity contribution in [3.8, 4) is 0 Å². The van der Waals surface area contributed by atoms with Crippen LogP contribution in [0, 0.1) is 5.82 Å². The van der Waals surface area contributed by atoms with E-state index in [9.17, 15) is 9.18 Å². The van der Waals surface area contributed by atoms with Crippen LogP contribution in [0.4, 0.5) is 10.2 Å². The van der Waals surface area contributed by atoms with Gasteiger partial charge in [-0.1, -0.05) is 18.2 Å². The first kappa shape index (κ1) is 11.3. The zero-order valence-corrected chi connectivity index (χ0v) is 9.35. The summed E-state index contributed by atoms with van der Waals surface area (Å²) in [5.41, 5.74) is 0.382.